The molecule has 1 unspecified atom stereocenters. The molecular weight excluding hydrogens is 442 g/mol. The van der Waals surface area contributed by atoms with Gasteiger partial charge < -0.3 is 4.57 Å². The Morgan fingerprint density at radius 3 is 2.59 bits per heavy atom. The third-order valence-corrected chi connectivity index (χ3v) is 9.03. The number of carbonyl (C=O) groups excluding carboxylic acids is 1. The number of hydrogen-bond donors (Lipinski definition) is 0. The molecule has 0 spiro atoms. The summed E-state index contributed by atoms with van der Waals surface area (Å²) in [6, 6.07) is 18.2. The Morgan fingerprint density at radius 1 is 1.06 bits per heavy atom. The van der Waals surface area contributed by atoms with E-state index >= 15 is 0 Å². The fraction of sp³-hybridized carbons (Fsp3) is 0.250. The molecule has 0 N–H and O–H groups in total. The van der Waals surface area contributed by atoms with Crippen molar-refractivity contribution in [3.8, 4) is 0 Å². The number of amides is 1. The van der Waals surface area contributed by atoms with Gasteiger partial charge in [-0.1, -0.05) is 59.4 Å². The van der Waals surface area contributed by atoms with Gasteiger partial charge in [0.2, 0.25) is 10.0 Å². The van der Waals surface area contributed by atoms with Crippen LogP contribution in [0.5, 0.6) is 0 Å². The molecule has 1 aliphatic heterocycles. The molecule has 6 nitrogen and oxygen atoms in total. The smallest absolute Gasteiger partial charge is 0.266 e. The number of sulfonamides is 1. The van der Waals surface area contributed by atoms with Crippen LogP contribution < -0.4 is 4.80 Å². The van der Waals surface area contributed by atoms with Crippen molar-refractivity contribution in [2.75, 3.05) is 6.54 Å². The van der Waals surface area contributed by atoms with E-state index in [-0.39, 0.29) is 4.90 Å². The summed E-state index contributed by atoms with van der Waals surface area (Å²) >= 11 is 1.44. The minimum atomic E-state index is -3.76. The van der Waals surface area contributed by atoms with Gasteiger partial charge in [0.25, 0.3) is 5.91 Å². The molecule has 1 atom stereocenters. The molecule has 1 aromatic heterocycles. The van der Waals surface area contributed by atoms with Crippen LogP contribution in [-0.2, 0) is 21.9 Å². The summed E-state index contributed by atoms with van der Waals surface area (Å²) in [6.45, 7) is 2.23. The van der Waals surface area contributed by atoms with E-state index < -0.39 is 22.0 Å². The van der Waals surface area contributed by atoms with Crippen LogP contribution in [0.1, 0.15) is 18.4 Å². The zero-order chi connectivity index (χ0) is 22.5. The lowest BCUT2D eigenvalue weighted by Gasteiger charge is -2.21. The highest BCUT2D eigenvalue weighted by atomic mass is 32.2. The van der Waals surface area contributed by atoms with Gasteiger partial charge >= 0.3 is 0 Å². The summed E-state index contributed by atoms with van der Waals surface area (Å²) in [5.74, 6) is -0.412. The standard InChI is InChI=1S/C24H23N3O3S2/c1-16-9-12-18(13-10-16)32(29,30)27-15-5-8-20(27)23(28)25-24-26(2)22-19-7-4-3-6-17(19)11-14-21(22)31-24/h3-4,6-7,9-14,20H,5,8,15H2,1-2H3. The van der Waals surface area contributed by atoms with Crippen LogP contribution in [0, 0.1) is 6.92 Å². The second-order valence-electron chi connectivity index (χ2n) is 8.11. The summed E-state index contributed by atoms with van der Waals surface area (Å²) in [4.78, 5) is 18.3. The quantitative estimate of drug-likeness (QED) is 0.459. The van der Waals surface area contributed by atoms with Crippen LogP contribution in [0.15, 0.2) is 70.6 Å². The number of benzene rings is 3. The lowest BCUT2D eigenvalue weighted by molar-refractivity contribution is -0.121. The van der Waals surface area contributed by atoms with E-state index in [0.717, 1.165) is 26.6 Å². The van der Waals surface area contributed by atoms with E-state index in [4.69, 9.17) is 0 Å². The molecular formula is C24H23N3O3S2. The molecule has 0 aliphatic carbocycles. The molecule has 1 amide bonds. The fourth-order valence-corrected chi connectivity index (χ4v) is 7.00. The lowest BCUT2D eigenvalue weighted by atomic mass is 10.1. The van der Waals surface area contributed by atoms with E-state index in [0.29, 0.717) is 24.2 Å². The Labute approximate surface area is 190 Å². The maximum atomic E-state index is 13.2. The van der Waals surface area contributed by atoms with Crippen molar-refractivity contribution in [2.45, 2.75) is 30.7 Å². The number of hydrogen-bond acceptors (Lipinski definition) is 4. The summed E-state index contributed by atoms with van der Waals surface area (Å²) in [6.07, 6.45) is 1.12. The van der Waals surface area contributed by atoms with Crippen LogP contribution >= 0.6 is 11.3 Å². The van der Waals surface area contributed by atoms with Crippen LogP contribution in [0.4, 0.5) is 0 Å². The van der Waals surface area contributed by atoms with Gasteiger partial charge in [-0.05, 0) is 43.4 Å². The van der Waals surface area contributed by atoms with Gasteiger partial charge in [-0.25, -0.2) is 8.42 Å². The van der Waals surface area contributed by atoms with Crippen LogP contribution in [0.25, 0.3) is 21.0 Å². The Bertz CT molecular complexity index is 1520. The van der Waals surface area contributed by atoms with Crippen LogP contribution in [0.3, 0.4) is 0 Å². The molecule has 32 heavy (non-hydrogen) atoms. The first-order valence-electron chi connectivity index (χ1n) is 10.5. The number of fused-ring (bicyclic) bond motifs is 3. The second kappa shape index (κ2) is 7.95. The van der Waals surface area contributed by atoms with Crippen molar-refractivity contribution in [3.63, 3.8) is 0 Å². The highest BCUT2D eigenvalue weighted by Crippen LogP contribution is 2.28. The highest BCUT2D eigenvalue weighted by Gasteiger charge is 2.39. The van der Waals surface area contributed by atoms with Gasteiger partial charge in [0, 0.05) is 19.0 Å². The molecule has 2 heterocycles. The van der Waals surface area contributed by atoms with Gasteiger partial charge in [0.1, 0.15) is 6.04 Å². The van der Waals surface area contributed by atoms with E-state index in [9.17, 15) is 13.2 Å². The molecule has 0 radical (unpaired) electrons. The number of thiazole rings is 1. The average molecular weight is 466 g/mol. The Hall–Kier alpha value is -2.81. The molecule has 1 fully saturated rings. The molecule has 4 aromatic rings. The molecule has 1 saturated heterocycles. The van der Waals surface area contributed by atoms with Crippen molar-refractivity contribution in [2.24, 2.45) is 12.0 Å². The number of aryl methyl sites for hydroxylation is 2. The van der Waals surface area contributed by atoms with Gasteiger partial charge in [0.15, 0.2) is 4.80 Å². The fourth-order valence-electron chi connectivity index (χ4n) is 4.31. The normalized spacial score (nSPS) is 18.1. The predicted octanol–water partition coefficient (Wildman–Crippen LogP) is 3.98. The van der Waals surface area contributed by atoms with Gasteiger partial charge in [-0.3, -0.25) is 4.79 Å². The van der Waals surface area contributed by atoms with Crippen LogP contribution in [-0.4, -0.2) is 35.8 Å². The van der Waals surface area contributed by atoms with E-state index in [1.807, 2.05) is 36.7 Å². The number of carbonyl (C=O) groups is 1. The number of aromatic nitrogens is 1. The maximum absolute atomic E-state index is 13.2. The molecule has 0 bridgehead atoms. The summed E-state index contributed by atoms with van der Waals surface area (Å²) < 4.78 is 30.7. The lowest BCUT2D eigenvalue weighted by Crippen LogP contribution is -2.40. The van der Waals surface area contributed by atoms with Gasteiger partial charge in [-0.2, -0.15) is 9.30 Å². The van der Waals surface area contributed by atoms with Crippen molar-refractivity contribution < 1.29 is 13.2 Å². The van der Waals surface area contributed by atoms with Gasteiger partial charge in [-0.15, -0.1) is 0 Å². The van der Waals surface area contributed by atoms with Crippen molar-refractivity contribution in [3.05, 3.63) is 71.0 Å². The first-order valence-corrected chi connectivity index (χ1v) is 12.8. The van der Waals surface area contributed by atoms with E-state index in [2.05, 4.69) is 23.2 Å². The molecule has 1 aliphatic rings. The summed E-state index contributed by atoms with van der Waals surface area (Å²) in [7, 11) is -1.86. The monoisotopic (exact) mass is 465 g/mol. The molecule has 3 aromatic carbocycles. The largest absolute Gasteiger partial charge is 0.319 e. The van der Waals surface area contributed by atoms with Crippen molar-refractivity contribution in [1.82, 2.24) is 8.87 Å². The maximum Gasteiger partial charge on any atom is 0.266 e. The molecule has 8 heteroatoms. The Morgan fingerprint density at radius 2 is 1.81 bits per heavy atom. The highest BCUT2D eigenvalue weighted by molar-refractivity contribution is 7.89. The first-order chi connectivity index (χ1) is 15.4. The average Bonchev–Trinajstić information content (AvgIpc) is 3.40. The minimum absolute atomic E-state index is 0.210. The third-order valence-electron chi connectivity index (χ3n) is 6.01. The van der Waals surface area contributed by atoms with E-state index in [1.165, 1.54) is 15.6 Å². The Balaban J connectivity index is 1.54. The van der Waals surface area contributed by atoms with Crippen LogP contribution in [0.2, 0.25) is 0 Å². The van der Waals surface area contributed by atoms with Gasteiger partial charge in [0.05, 0.1) is 15.1 Å². The number of rotatable bonds is 3. The first kappa shape index (κ1) is 21.1. The zero-order valence-electron chi connectivity index (χ0n) is 17.9. The topological polar surface area (TPSA) is 71.7 Å². The predicted molar refractivity (Wildman–Crippen MR) is 127 cm³/mol. The summed E-state index contributed by atoms with van der Waals surface area (Å²) in [5.41, 5.74) is 2.01. The zero-order valence-corrected chi connectivity index (χ0v) is 19.5. The minimum Gasteiger partial charge on any atom is -0.319 e. The van der Waals surface area contributed by atoms with Crippen molar-refractivity contribution in [1.29, 1.82) is 0 Å². The SMILES string of the molecule is Cc1ccc(S(=O)(=O)N2CCCC2C(=O)N=c2sc3ccc4ccccc4c3n2C)cc1. The Kier molecular flexibility index (Phi) is 5.23. The molecule has 5 rings (SSSR count). The van der Waals surface area contributed by atoms with E-state index in [1.54, 1.807) is 24.3 Å². The third kappa shape index (κ3) is 3.48. The number of nitrogens with zero attached hydrogens (tertiary/aromatic N) is 3. The second-order valence-corrected chi connectivity index (χ2v) is 11.0. The molecule has 164 valence electrons. The molecule has 0 saturated carbocycles. The summed E-state index contributed by atoms with van der Waals surface area (Å²) in [5, 5.41) is 2.22. The van der Waals surface area contributed by atoms with Crippen molar-refractivity contribution >= 4 is 48.3 Å².